The molecule has 1 heterocycles. The van der Waals surface area contributed by atoms with Crippen LogP contribution in [0.5, 0.6) is 0 Å². The zero-order valence-corrected chi connectivity index (χ0v) is 8.67. The molecular weight excluding hydrogens is 183 g/mol. The molecule has 0 atom stereocenters. The molecule has 14 heavy (non-hydrogen) atoms. The minimum Gasteiger partial charge on any atom is -0.377 e. The van der Waals surface area contributed by atoms with E-state index in [2.05, 4.69) is 10.3 Å². The van der Waals surface area contributed by atoms with Crippen LogP contribution in [0.15, 0.2) is 18.3 Å². The lowest BCUT2D eigenvalue weighted by Gasteiger charge is -2.23. The maximum atomic E-state index is 12.5. The summed E-state index contributed by atoms with van der Waals surface area (Å²) in [5.41, 5.74) is -0.254. The molecule has 0 amide bonds. The highest BCUT2D eigenvalue weighted by Gasteiger charge is 2.15. The molecule has 4 heteroatoms. The van der Waals surface area contributed by atoms with Gasteiger partial charge in [0.25, 0.3) is 0 Å². The molecule has 0 aliphatic carbocycles. The summed E-state index contributed by atoms with van der Waals surface area (Å²) in [5.74, 6) is 0.318. The van der Waals surface area contributed by atoms with Crippen molar-refractivity contribution in [3.05, 3.63) is 24.1 Å². The predicted octanol–water partition coefficient (Wildman–Crippen LogP) is 2.06. The number of ether oxygens (including phenoxy) is 1. The number of pyridine rings is 1. The highest BCUT2D eigenvalue weighted by atomic mass is 19.1. The van der Waals surface area contributed by atoms with Gasteiger partial charge in [0.1, 0.15) is 11.6 Å². The first-order valence-corrected chi connectivity index (χ1v) is 4.44. The van der Waals surface area contributed by atoms with E-state index in [1.807, 2.05) is 13.8 Å². The van der Waals surface area contributed by atoms with E-state index in [0.29, 0.717) is 12.4 Å². The molecule has 0 aliphatic heterocycles. The van der Waals surface area contributed by atoms with Gasteiger partial charge in [-0.3, -0.25) is 0 Å². The number of aromatic nitrogens is 1. The molecule has 1 aromatic rings. The van der Waals surface area contributed by atoms with Crippen molar-refractivity contribution in [1.29, 1.82) is 0 Å². The fourth-order valence-electron chi connectivity index (χ4n) is 0.856. The number of hydrogen-bond donors (Lipinski definition) is 1. The molecule has 0 saturated heterocycles. The molecule has 0 spiro atoms. The lowest BCUT2D eigenvalue weighted by atomic mass is 10.1. The van der Waals surface area contributed by atoms with Crippen LogP contribution in [0.3, 0.4) is 0 Å². The van der Waals surface area contributed by atoms with E-state index in [9.17, 15) is 4.39 Å². The Hall–Kier alpha value is -1.16. The number of halogens is 1. The van der Waals surface area contributed by atoms with Crippen LogP contribution in [-0.4, -0.2) is 24.2 Å². The maximum absolute atomic E-state index is 12.5. The molecule has 3 nitrogen and oxygen atoms in total. The zero-order chi connectivity index (χ0) is 10.6. The van der Waals surface area contributed by atoms with Crippen LogP contribution >= 0.6 is 0 Å². The van der Waals surface area contributed by atoms with Crippen molar-refractivity contribution in [1.82, 2.24) is 4.98 Å². The Morgan fingerprint density at radius 3 is 2.71 bits per heavy atom. The van der Waals surface area contributed by atoms with E-state index in [1.54, 1.807) is 13.2 Å². The van der Waals surface area contributed by atoms with Gasteiger partial charge in [-0.15, -0.1) is 0 Å². The Balaban J connectivity index is 2.50. The quantitative estimate of drug-likeness (QED) is 0.804. The highest BCUT2D eigenvalue weighted by Crippen LogP contribution is 2.09. The van der Waals surface area contributed by atoms with Crippen molar-refractivity contribution in [3.63, 3.8) is 0 Å². The third-order valence-corrected chi connectivity index (χ3v) is 1.98. The van der Waals surface area contributed by atoms with Crippen molar-refractivity contribution >= 4 is 5.82 Å². The Morgan fingerprint density at radius 1 is 1.50 bits per heavy atom. The first-order valence-electron chi connectivity index (χ1n) is 4.44. The molecule has 0 radical (unpaired) electrons. The summed E-state index contributed by atoms with van der Waals surface area (Å²) in [6, 6.07) is 2.97. The van der Waals surface area contributed by atoms with E-state index >= 15 is 0 Å². The van der Waals surface area contributed by atoms with Crippen LogP contribution in [-0.2, 0) is 4.74 Å². The molecule has 0 aliphatic rings. The molecule has 0 aromatic carbocycles. The molecule has 0 bridgehead atoms. The average molecular weight is 198 g/mol. The number of methoxy groups -OCH3 is 1. The monoisotopic (exact) mass is 198 g/mol. The average Bonchev–Trinajstić information content (AvgIpc) is 2.17. The lowest BCUT2D eigenvalue weighted by molar-refractivity contribution is 0.0343. The Bertz CT molecular complexity index is 285. The second-order valence-corrected chi connectivity index (χ2v) is 3.68. The van der Waals surface area contributed by atoms with Crippen molar-refractivity contribution in [2.45, 2.75) is 19.4 Å². The number of rotatable bonds is 4. The first-order chi connectivity index (χ1) is 6.53. The zero-order valence-electron chi connectivity index (χ0n) is 8.67. The lowest BCUT2D eigenvalue weighted by Crippen LogP contribution is -2.32. The molecule has 1 N–H and O–H groups in total. The molecule has 0 fully saturated rings. The van der Waals surface area contributed by atoms with Gasteiger partial charge in [0.15, 0.2) is 0 Å². The van der Waals surface area contributed by atoms with Crippen LogP contribution in [0.1, 0.15) is 13.8 Å². The summed E-state index contributed by atoms with van der Waals surface area (Å²) < 4.78 is 17.7. The van der Waals surface area contributed by atoms with Crippen molar-refractivity contribution in [2.75, 3.05) is 19.0 Å². The van der Waals surface area contributed by atoms with Gasteiger partial charge in [0, 0.05) is 13.7 Å². The minimum absolute atomic E-state index is 0.254. The molecule has 1 aromatic heterocycles. The van der Waals surface area contributed by atoms with Gasteiger partial charge in [-0.25, -0.2) is 9.37 Å². The number of hydrogen-bond acceptors (Lipinski definition) is 3. The fourth-order valence-corrected chi connectivity index (χ4v) is 0.856. The largest absolute Gasteiger partial charge is 0.377 e. The number of nitrogens with zero attached hydrogens (tertiary/aromatic N) is 1. The summed E-state index contributed by atoms with van der Waals surface area (Å²) >= 11 is 0. The molecule has 78 valence electrons. The van der Waals surface area contributed by atoms with Gasteiger partial charge in [-0.1, -0.05) is 0 Å². The van der Waals surface area contributed by atoms with E-state index in [4.69, 9.17) is 4.74 Å². The second-order valence-electron chi connectivity index (χ2n) is 3.68. The summed E-state index contributed by atoms with van der Waals surface area (Å²) in [7, 11) is 1.65. The second kappa shape index (κ2) is 4.37. The van der Waals surface area contributed by atoms with Crippen LogP contribution in [0.2, 0.25) is 0 Å². The Kier molecular flexibility index (Phi) is 3.41. The van der Waals surface area contributed by atoms with Crippen molar-refractivity contribution in [2.24, 2.45) is 0 Å². The normalized spacial score (nSPS) is 11.4. The summed E-state index contributed by atoms with van der Waals surface area (Å²) in [5, 5.41) is 3.06. The van der Waals surface area contributed by atoms with Crippen LogP contribution in [0.25, 0.3) is 0 Å². The van der Waals surface area contributed by atoms with Crippen molar-refractivity contribution in [3.8, 4) is 0 Å². The number of nitrogens with one attached hydrogen (secondary N) is 1. The highest BCUT2D eigenvalue weighted by molar-refractivity contribution is 5.33. The SMILES string of the molecule is COC(C)(C)CNc1ccc(F)cn1. The molecule has 0 saturated carbocycles. The van der Waals surface area contributed by atoms with Crippen molar-refractivity contribution < 1.29 is 9.13 Å². The van der Waals surface area contributed by atoms with Gasteiger partial charge in [0.2, 0.25) is 0 Å². The third-order valence-electron chi connectivity index (χ3n) is 1.98. The van der Waals surface area contributed by atoms with Gasteiger partial charge in [0.05, 0.1) is 11.8 Å². The van der Waals surface area contributed by atoms with Gasteiger partial charge < -0.3 is 10.1 Å². The topological polar surface area (TPSA) is 34.1 Å². The summed E-state index contributed by atoms with van der Waals surface area (Å²) in [4.78, 5) is 3.87. The maximum Gasteiger partial charge on any atom is 0.141 e. The van der Waals surface area contributed by atoms with E-state index in [1.165, 1.54) is 12.3 Å². The fraction of sp³-hybridized carbons (Fsp3) is 0.500. The summed E-state index contributed by atoms with van der Waals surface area (Å²) in [6.45, 7) is 4.55. The van der Waals surface area contributed by atoms with Crippen LogP contribution < -0.4 is 5.32 Å². The van der Waals surface area contributed by atoms with Gasteiger partial charge >= 0.3 is 0 Å². The standard InChI is InChI=1S/C10H15FN2O/c1-10(2,14-3)7-13-9-5-4-8(11)6-12-9/h4-6H,7H2,1-3H3,(H,12,13). The smallest absolute Gasteiger partial charge is 0.141 e. The molecular formula is C10H15FN2O. The van der Waals surface area contributed by atoms with E-state index in [-0.39, 0.29) is 11.4 Å². The minimum atomic E-state index is -0.332. The van der Waals surface area contributed by atoms with Gasteiger partial charge in [-0.2, -0.15) is 0 Å². The first kappa shape index (κ1) is 10.9. The Morgan fingerprint density at radius 2 is 2.21 bits per heavy atom. The van der Waals surface area contributed by atoms with Crippen LogP contribution in [0.4, 0.5) is 10.2 Å². The van der Waals surface area contributed by atoms with Gasteiger partial charge in [-0.05, 0) is 26.0 Å². The third kappa shape index (κ3) is 3.30. The predicted molar refractivity (Wildman–Crippen MR) is 53.8 cm³/mol. The summed E-state index contributed by atoms with van der Waals surface area (Å²) in [6.07, 6.45) is 1.18. The van der Waals surface area contributed by atoms with Crippen LogP contribution in [0, 0.1) is 5.82 Å². The number of anilines is 1. The van der Waals surface area contributed by atoms with E-state index < -0.39 is 0 Å². The molecule has 0 unspecified atom stereocenters. The Labute approximate surface area is 83.3 Å². The molecule has 1 rings (SSSR count). The van der Waals surface area contributed by atoms with E-state index in [0.717, 1.165) is 0 Å².